The van der Waals surface area contributed by atoms with Crippen molar-refractivity contribution in [2.24, 2.45) is 5.73 Å². The summed E-state index contributed by atoms with van der Waals surface area (Å²) in [6.45, 7) is 0.965. The SMILES string of the molecule is COC(=O)NC1CCN(S(=O)(=O)c2ccc(CN)s2)C1. The van der Waals surface area contributed by atoms with Crippen molar-refractivity contribution in [3.05, 3.63) is 17.0 Å². The molecule has 0 aliphatic carbocycles. The van der Waals surface area contributed by atoms with Crippen molar-refractivity contribution in [2.75, 3.05) is 20.2 Å². The third kappa shape index (κ3) is 3.11. The molecule has 1 aliphatic heterocycles. The number of methoxy groups -OCH3 is 1. The highest BCUT2D eigenvalue weighted by molar-refractivity contribution is 7.91. The maximum absolute atomic E-state index is 12.4. The van der Waals surface area contributed by atoms with Gasteiger partial charge >= 0.3 is 6.09 Å². The van der Waals surface area contributed by atoms with Gasteiger partial charge in [-0.2, -0.15) is 4.31 Å². The molecule has 1 fully saturated rings. The molecule has 1 aromatic heterocycles. The lowest BCUT2D eigenvalue weighted by Crippen LogP contribution is -2.38. The van der Waals surface area contributed by atoms with E-state index in [1.54, 1.807) is 12.1 Å². The Bertz CT molecular complexity index is 584. The molecule has 0 aromatic carbocycles. The zero-order valence-corrected chi connectivity index (χ0v) is 12.7. The van der Waals surface area contributed by atoms with Gasteiger partial charge in [-0.05, 0) is 18.6 Å². The lowest BCUT2D eigenvalue weighted by atomic mass is 10.3. The molecular weight excluding hydrogens is 302 g/mol. The van der Waals surface area contributed by atoms with Crippen LogP contribution in [0.15, 0.2) is 16.3 Å². The average molecular weight is 319 g/mol. The van der Waals surface area contributed by atoms with Gasteiger partial charge in [0.1, 0.15) is 4.21 Å². The molecule has 1 unspecified atom stereocenters. The van der Waals surface area contributed by atoms with Gasteiger partial charge in [0.05, 0.1) is 7.11 Å². The Morgan fingerprint density at radius 2 is 2.35 bits per heavy atom. The molecular formula is C11H17N3O4S2. The zero-order chi connectivity index (χ0) is 14.8. The highest BCUT2D eigenvalue weighted by atomic mass is 32.2. The fraction of sp³-hybridized carbons (Fsp3) is 0.545. The monoisotopic (exact) mass is 319 g/mol. The van der Waals surface area contributed by atoms with Crippen LogP contribution in [0.3, 0.4) is 0 Å². The third-order valence-electron chi connectivity index (χ3n) is 3.09. The molecule has 1 aliphatic rings. The zero-order valence-electron chi connectivity index (χ0n) is 11.0. The van der Waals surface area contributed by atoms with Crippen molar-refractivity contribution in [1.29, 1.82) is 0 Å². The molecule has 0 saturated carbocycles. The van der Waals surface area contributed by atoms with E-state index in [2.05, 4.69) is 10.1 Å². The van der Waals surface area contributed by atoms with E-state index < -0.39 is 16.1 Å². The second-order valence-corrected chi connectivity index (χ2v) is 7.74. The molecule has 7 nitrogen and oxygen atoms in total. The third-order valence-corrected chi connectivity index (χ3v) is 6.53. The van der Waals surface area contributed by atoms with Crippen LogP contribution in [-0.2, 0) is 21.3 Å². The van der Waals surface area contributed by atoms with E-state index >= 15 is 0 Å². The summed E-state index contributed by atoms with van der Waals surface area (Å²) in [5, 5.41) is 2.61. The van der Waals surface area contributed by atoms with Gasteiger partial charge in [0, 0.05) is 30.6 Å². The summed E-state index contributed by atoms with van der Waals surface area (Å²) in [7, 11) is -2.22. The highest BCUT2D eigenvalue weighted by Crippen LogP contribution is 2.27. The van der Waals surface area contributed by atoms with Crippen LogP contribution in [0, 0.1) is 0 Å². The van der Waals surface area contributed by atoms with Gasteiger partial charge in [-0.25, -0.2) is 13.2 Å². The molecule has 112 valence electrons. The summed E-state index contributed by atoms with van der Waals surface area (Å²) < 4.78 is 31.0. The minimum absolute atomic E-state index is 0.217. The van der Waals surface area contributed by atoms with Crippen molar-refractivity contribution in [2.45, 2.75) is 23.2 Å². The highest BCUT2D eigenvalue weighted by Gasteiger charge is 2.34. The van der Waals surface area contributed by atoms with E-state index in [9.17, 15) is 13.2 Å². The van der Waals surface area contributed by atoms with Crippen LogP contribution in [0.4, 0.5) is 4.79 Å². The minimum atomic E-state index is -3.50. The second-order valence-electron chi connectivity index (χ2n) is 4.41. The van der Waals surface area contributed by atoms with Gasteiger partial charge in [0.2, 0.25) is 0 Å². The number of carbonyl (C=O) groups is 1. The van der Waals surface area contributed by atoms with Crippen molar-refractivity contribution in [3.63, 3.8) is 0 Å². The van der Waals surface area contributed by atoms with E-state index in [-0.39, 0.29) is 16.8 Å². The summed E-state index contributed by atoms with van der Waals surface area (Å²) in [6, 6.07) is 3.08. The standard InChI is InChI=1S/C11H17N3O4S2/c1-18-11(15)13-8-4-5-14(7-8)20(16,17)10-3-2-9(6-12)19-10/h2-3,8H,4-7,12H2,1H3,(H,13,15). The quantitative estimate of drug-likeness (QED) is 0.832. The predicted molar refractivity (Wildman–Crippen MR) is 74.9 cm³/mol. The number of thiophene rings is 1. The van der Waals surface area contributed by atoms with Gasteiger partial charge < -0.3 is 15.8 Å². The molecule has 0 radical (unpaired) electrons. The number of nitrogens with zero attached hydrogens (tertiary/aromatic N) is 1. The first-order valence-electron chi connectivity index (χ1n) is 6.10. The molecule has 1 amide bonds. The Balaban J connectivity index is 2.06. The minimum Gasteiger partial charge on any atom is -0.453 e. The van der Waals surface area contributed by atoms with Gasteiger partial charge in [-0.3, -0.25) is 0 Å². The van der Waals surface area contributed by atoms with E-state index in [4.69, 9.17) is 5.73 Å². The number of hydrogen-bond acceptors (Lipinski definition) is 6. The number of alkyl carbamates (subject to hydrolysis) is 1. The summed E-state index contributed by atoms with van der Waals surface area (Å²) in [6.07, 6.45) is 0.0273. The normalized spacial score (nSPS) is 20.0. The molecule has 1 atom stereocenters. The van der Waals surface area contributed by atoms with Gasteiger partial charge in [0.15, 0.2) is 0 Å². The molecule has 20 heavy (non-hydrogen) atoms. The van der Waals surface area contributed by atoms with Crippen LogP contribution in [0.25, 0.3) is 0 Å². The summed E-state index contributed by atoms with van der Waals surface area (Å²) in [4.78, 5) is 11.9. The van der Waals surface area contributed by atoms with Crippen LogP contribution in [0.2, 0.25) is 0 Å². The maximum Gasteiger partial charge on any atom is 0.407 e. The van der Waals surface area contributed by atoms with Crippen LogP contribution < -0.4 is 11.1 Å². The van der Waals surface area contributed by atoms with Crippen molar-refractivity contribution in [1.82, 2.24) is 9.62 Å². The number of amides is 1. The lowest BCUT2D eigenvalue weighted by molar-refractivity contribution is 0.167. The van der Waals surface area contributed by atoms with Crippen LogP contribution >= 0.6 is 11.3 Å². The van der Waals surface area contributed by atoms with Crippen LogP contribution in [0.5, 0.6) is 0 Å². The molecule has 0 spiro atoms. The number of rotatable bonds is 4. The molecule has 1 saturated heterocycles. The molecule has 2 heterocycles. The van der Waals surface area contributed by atoms with Crippen molar-refractivity contribution >= 4 is 27.5 Å². The maximum atomic E-state index is 12.4. The Labute approximate surface area is 121 Å². The van der Waals surface area contributed by atoms with Crippen LogP contribution in [0.1, 0.15) is 11.3 Å². The Morgan fingerprint density at radius 3 is 2.95 bits per heavy atom. The second kappa shape index (κ2) is 6.08. The summed E-state index contributed by atoms with van der Waals surface area (Å²) in [5.74, 6) is 0. The fourth-order valence-electron chi connectivity index (χ4n) is 2.02. The molecule has 9 heteroatoms. The average Bonchev–Trinajstić information content (AvgIpc) is 3.07. The van der Waals surface area contributed by atoms with Gasteiger partial charge in [-0.1, -0.05) is 0 Å². The number of carbonyl (C=O) groups excluding carboxylic acids is 1. The molecule has 1 aromatic rings. The van der Waals surface area contributed by atoms with E-state index in [1.807, 2.05) is 0 Å². The van der Waals surface area contributed by atoms with Crippen LogP contribution in [-0.4, -0.2) is 45.1 Å². The van der Waals surface area contributed by atoms with E-state index in [0.717, 1.165) is 4.88 Å². The first kappa shape index (κ1) is 15.2. The Morgan fingerprint density at radius 1 is 1.60 bits per heavy atom. The largest absolute Gasteiger partial charge is 0.453 e. The fourth-order valence-corrected chi connectivity index (χ4v) is 4.91. The lowest BCUT2D eigenvalue weighted by Gasteiger charge is -2.15. The number of hydrogen-bond donors (Lipinski definition) is 2. The first-order valence-corrected chi connectivity index (χ1v) is 8.36. The van der Waals surface area contributed by atoms with Crippen molar-refractivity contribution in [3.8, 4) is 0 Å². The first-order chi connectivity index (χ1) is 9.47. The Hall–Kier alpha value is -1.16. The van der Waals surface area contributed by atoms with Gasteiger partial charge in [0.25, 0.3) is 10.0 Å². The Kier molecular flexibility index (Phi) is 4.63. The molecule has 2 rings (SSSR count). The smallest absolute Gasteiger partial charge is 0.407 e. The number of sulfonamides is 1. The summed E-state index contributed by atoms with van der Waals surface area (Å²) in [5.41, 5.74) is 5.49. The topological polar surface area (TPSA) is 102 Å². The van der Waals surface area contributed by atoms with Gasteiger partial charge in [-0.15, -0.1) is 11.3 Å². The molecule has 3 N–H and O–H groups in total. The number of nitrogens with two attached hydrogens (primary N) is 1. The number of ether oxygens (including phenoxy) is 1. The van der Waals surface area contributed by atoms with Crippen molar-refractivity contribution < 1.29 is 17.9 Å². The predicted octanol–water partition coefficient (Wildman–Crippen LogP) is 0.326. The van der Waals surface area contributed by atoms with E-state index in [0.29, 0.717) is 19.5 Å². The molecule has 0 bridgehead atoms. The number of nitrogens with one attached hydrogen (secondary N) is 1. The van der Waals surface area contributed by atoms with E-state index in [1.165, 1.54) is 22.8 Å². The summed E-state index contributed by atoms with van der Waals surface area (Å²) >= 11 is 1.18.